The Labute approximate surface area is 201 Å². The number of rotatable bonds is 6. The lowest BCUT2D eigenvalue weighted by Gasteiger charge is -2.53. The smallest absolute Gasteiger partial charge is 0.261 e. The molecule has 0 radical (unpaired) electrons. The van der Waals surface area contributed by atoms with Gasteiger partial charge < -0.3 is 13.9 Å². The summed E-state index contributed by atoms with van der Waals surface area (Å²) in [6.45, 7) is 7.98. The van der Waals surface area contributed by atoms with Gasteiger partial charge in [0, 0.05) is 12.5 Å². The van der Waals surface area contributed by atoms with Crippen molar-refractivity contribution >= 4 is 18.7 Å². The summed E-state index contributed by atoms with van der Waals surface area (Å²) in [4.78, 5) is 0. The fraction of sp³-hybridized carbons (Fsp3) is 0.586. The summed E-state index contributed by atoms with van der Waals surface area (Å²) in [6, 6.07) is 22.1. The Kier molecular flexibility index (Phi) is 6.81. The van der Waals surface area contributed by atoms with Crippen molar-refractivity contribution in [2.75, 3.05) is 6.61 Å². The van der Waals surface area contributed by atoms with Gasteiger partial charge in [0.25, 0.3) is 8.32 Å². The van der Waals surface area contributed by atoms with Crippen LogP contribution in [0.4, 0.5) is 0 Å². The molecule has 1 heterocycles. The normalized spacial score (nSPS) is 30.3. The average molecular weight is 465 g/mol. The van der Waals surface area contributed by atoms with Crippen LogP contribution in [0.5, 0.6) is 0 Å². The van der Waals surface area contributed by atoms with Crippen LogP contribution in [0, 0.1) is 11.8 Å². The summed E-state index contributed by atoms with van der Waals surface area (Å²) in [5.41, 5.74) is 0. The van der Waals surface area contributed by atoms with Crippen molar-refractivity contribution in [2.45, 2.75) is 89.3 Å². The van der Waals surface area contributed by atoms with Crippen LogP contribution in [-0.2, 0) is 13.9 Å². The molecule has 0 amide bonds. The molecule has 0 aromatic heterocycles. The van der Waals surface area contributed by atoms with Crippen LogP contribution in [0.2, 0.25) is 5.04 Å². The van der Waals surface area contributed by atoms with Gasteiger partial charge in [0.1, 0.15) is 0 Å². The van der Waals surface area contributed by atoms with E-state index >= 15 is 0 Å². The minimum atomic E-state index is -2.54. The Morgan fingerprint density at radius 1 is 0.788 bits per heavy atom. The molecule has 178 valence electrons. The molecular formula is C29H40O3Si. The SMILES string of the molecule is CC(C)(C)[Si](O[C@@H]1C[C@H]2CC[C@@H]1[C@@H](OC1CCCCO1)C2)(c1ccccc1)c1ccccc1. The van der Waals surface area contributed by atoms with Crippen molar-refractivity contribution in [1.29, 1.82) is 0 Å². The van der Waals surface area contributed by atoms with Crippen LogP contribution in [0.1, 0.15) is 65.7 Å². The molecule has 6 rings (SSSR count). The van der Waals surface area contributed by atoms with Crippen molar-refractivity contribution in [3.63, 3.8) is 0 Å². The van der Waals surface area contributed by atoms with Gasteiger partial charge in [-0.15, -0.1) is 0 Å². The highest BCUT2D eigenvalue weighted by Gasteiger charge is 2.54. The summed E-state index contributed by atoms with van der Waals surface area (Å²) in [5.74, 6) is 1.16. The lowest BCUT2D eigenvalue weighted by molar-refractivity contribution is -0.224. The average Bonchev–Trinajstić information content (AvgIpc) is 2.84. The largest absolute Gasteiger partial charge is 0.404 e. The van der Waals surface area contributed by atoms with E-state index in [2.05, 4.69) is 81.4 Å². The van der Waals surface area contributed by atoms with Crippen molar-refractivity contribution in [1.82, 2.24) is 0 Å². The van der Waals surface area contributed by atoms with Gasteiger partial charge >= 0.3 is 0 Å². The van der Waals surface area contributed by atoms with Crippen LogP contribution < -0.4 is 10.4 Å². The molecule has 0 N–H and O–H groups in total. The van der Waals surface area contributed by atoms with E-state index in [1.54, 1.807) is 0 Å². The zero-order valence-corrected chi connectivity index (χ0v) is 21.5. The maximum absolute atomic E-state index is 7.59. The third kappa shape index (κ3) is 4.60. The van der Waals surface area contributed by atoms with Crippen LogP contribution in [0.25, 0.3) is 0 Å². The van der Waals surface area contributed by atoms with E-state index in [1.165, 1.54) is 42.5 Å². The minimum Gasteiger partial charge on any atom is -0.404 e. The first-order valence-electron chi connectivity index (χ1n) is 13.0. The quantitative estimate of drug-likeness (QED) is 0.516. The number of benzene rings is 2. The van der Waals surface area contributed by atoms with Crippen LogP contribution in [-0.4, -0.2) is 33.4 Å². The molecule has 33 heavy (non-hydrogen) atoms. The second kappa shape index (κ2) is 9.65. The molecule has 5 atom stereocenters. The molecule has 0 spiro atoms. The van der Waals surface area contributed by atoms with E-state index < -0.39 is 8.32 Å². The number of ether oxygens (including phenoxy) is 2. The Morgan fingerprint density at radius 3 is 1.97 bits per heavy atom. The summed E-state index contributed by atoms with van der Waals surface area (Å²) in [5, 5.41) is 2.76. The van der Waals surface area contributed by atoms with Crippen molar-refractivity contribution in [3.8, 4) is 0 Å². The van der Waals surface area contributed by atoms with E-state index in [4.69, 9.17) is 13.9 Å². The Hall–Kier alpha value is -1.46. The molecule has 1 unspecified atom stereocenters. The Balaban J connectivity index is 1.49. The maximum atomic E-state index is 7.59. The van der Waals surface area contributed by atoms with Crippen molar-refractivity contribution < 1.29 is 13.9 Å². The summed E-state index contributed by atoms with van der Waals surface area (Å²) < 4.78 is 20.2. The molecule has 3 nitrogen and oxygen atoms in total. The highest BCUT2D eigenvalue weighted by molar-refractivity contribution is 6.99. The van der Waals surface area contributed by atoms with Gasteiger partial charge in [0.05, 0.1) is 12.2 Å². The summed E-state index contributed by atoms with van der Waals surface area (Å²) >= 11 is 0. The predicted octanol–water partition coefficient (Wildman–Crippen LogP) is 5.66. The molecule has 4 aliphatic rings. The standard InChI is InChI=1S/C29H40O3Si/c1-29(2,3)33(23-12-6-4-7-13-23,24-14-8-5-9-15-24)32-27-21-22-17-18-25(27)26(20-22)31-28-16-10-11-19-30-28/h4-9,12-15,22,25-28H,10-11,16-21H2,1-3H3/t22-,25+,26-,27+,28?/m0/s1. The Bertz CT molecular complexity index is 849. The second-order valence-electron chi connectivity index (χ2n) is 11.4. The fourth-order valence-electron chi connectivity index (χ4n) is 6.60. The van der Waals surface area contributed by atoms with Gasteiger partial charge in [-0.2, -0.15) is 0 Å². The molecular weight excluding hydrogens is 424 g/mol. The van der Waals surface area contributed by atoms with Gasteiger partial charge in [0.15, 0.2) is 6.29 Å². The molecule has 2 bridgehead atoms. The number of hydrogen-bond acceptors (Lipinski definition) is 3. The third-order valence-corrected chi connectivity index (χ3v) is 13.3. The summed E-state index contributed by atoms with van der Waals surface area (Å²) in [7, 11) is -2.54. The maximum Gasteiger partial charge on any atom is 0.261 e. The van der Waals surface area contributed by atoms with Gasteiger partial charge in [-0.05, 0) is 66.3 Å². The van der Waals surface area contributed by atoms with E-state index in [0.717, 1.165) is 19.4 Å². The lowest BCUT2D eigenvalue weighted by atomic mass is 9.67. The predicted molar refractivity (Wildman–Crippen MR) is 136 cm³/mol. The highest BCUT2D eigenvalue weighted by atomic mass is 28.4. The van der Waals surface area contributed by atoms with E-state index in [-0.39, 0.29) is 23.5 Å². The number of hydrogen-bond donors (Lipinski definition) is 0. The number of fused-ring (bicyclic) bond motifs is 3. The van der Waals surface area contributed by atoms with Gasteiger partial charge in [-0.3, -0.25) is 0 Å². The van der Waals surface area contributed by atoms with E-state index in [1.807, 2.05) is 0 Å². The minimum absolute atomic E-state index is 0.00916. The summed E-state index contributed by atoms with van der Waals surface area (Å²) in [6.07, 6.45) is 8.78. The molecule has 2 aromatic carbocycles. The van der Waals surface area contributed by atoms with E-state index in [0.29, 0.717) is 11.8 Å². The van der Waals surface area contributed by atoms with Crippen LogP contribution >= 0.6 is 0 Å². The first-order valence-corrected chi connectivity index (χ1v) is 14.9. The first kappa shape index (κ1) is 23.3. The fourth-order valence-corrected chi connectivity index (χ4v) is 11.3. The first-order chi connectivity index (χ1) is 16.0. The molecule has 4 heteroatoms. The van der Waals surface area contributed by atoms with Crippen LogP contribution in [0.3, 0.4) is 0 Å². The topological polar surface area (TPSA) is 27.7 Å². The molecule has 3 aliphatic carbocycles. The third-order valence-electron chi connectivity index (χ3n) is 8.20. The zero-order chi connectivity index (χ0) is 22.9. The molecule has 1 aliphatic heterocycles. The van der Waals surface area contributed by atoms with Crippen molar-refractivity contribution in [2.24, 2.45) is 11.8 Å². The van der Waals surface area contributed by atoms with Gasteiger partial charge in [0.2, 0.25) is 0 Å². The molecule has 1 saturated heterocycles. The zero-order valence-electron chi connectivity index (χ0n) is 20.5. The molecule has 4 fully saturated rings. The van der Waals surface area contributed by atoms with Gasteiger partial charge in [-0.1, -0.05) is 81.4 Å². The van der Waals surface area contributed by atoms with Crippen molar-refractivity contribution in [3.05, 3.63) is 60.7 Å². The van der Waals surface area contributed by atoms with E-state index in [9.17, 15) is 0 Å². The van der Waals surface area contributed by atoms with Crippen LogP contribution in [0.15, 0.2) is 60.7 Å². The highest BCUT2D eigenvalue weighted by Crippen LogP contribution is 2.48. The monoisotopic (exact) mass is 464 g/mol. The second-order valence-corrected chi connectivity index (χ2v) is 15.6. The lowest BCUT2D eigenvalue weighted by Crippen LogP contribution is -2.69. The molecule has 2 aromatic rings. The van der Waals surface area contributed by atoms with Gasteiger partial charge in [-0.25, -0.2) is 0 Å². The molecule has 3 saturated carbocycles. The Morgan fingerprint density at radius 2 is 1.42 bits per heavy atom.